The Morgan fingerprint density at radius 2 is 1.94 bits per heavy atom. The molecule has 3 N–H and O–H groups in total. The van der Waals surface area contributed by atoms with Gasteiger partial charge in [-0.1, -0.05) is 0 Å². The number of hydrogen-bond donors (Lipinski definition) is 3. The third kappa shape index (κ3) is 10.4. The molecular weight excluding hydrogens is 525 g/mol. The molecule has 2 saturated heterocycles. The zero-order chi connectivity index (χ0) is 22.7. The molecule has 1 amide bonds. The van der Waals surface area contributed by atoms with Crippen LogP contribution in [-0.2, 0) is 9.47 Å². The summed E-state index contributed by atoms with van der Waals surface area (Å²) in [5.74, 6) is 0.821. The molecule has 0 spiro atoms. The maximum atomic E-state index is 12.2. The van der Waals surface area contributed by atoms with Crippen LogP contribution in [0.5, 0.6) is 0 Å². The molecule has 1 atom stereocenters. The summed E-state index contributed by atoms with van der Waals surface area (Å²) in [6, 6.07) is 0. The lowest BCUT2D eigenvalue weighted by Gasteiger charge is -2.35. The molecule has 9 nitrogen and oxygen atoms in total. The van der Waals surface area contributed by atoms with Gasteiger partial charge in [0, 0.05) is 57.9 Å². The zero-order valence-electron chi connectivity index (χ0n) is 20.3. The summed E-state index contributed by atoms with van der Waals surface area (Å²) in [6.45, 7) is 15.8. The van der Waals surface area contributed by atoms with Gasteiger partial charge in [-0.25, -0.2) is 4.79 Å². The highest BCUT2D eigenvalue weighted by Crippen LogP contribution is 2.32. The van der Waals surface area contributed by atoms with Gasteiger partial charge in [-0.05, 0) is 53.5 Å². The Labute approximate surface area is 210 Å². The summed E-state index contributed by atoms with van der Waals surface area (Å²) in [5.41, 5.74) is -0.487. The van der Waals surface area contributed by atoms with Gasteiger partial charge < -0.3 is 30.1 Å². The highest BCUT2D eigenvalue weighted by molar-refractivity contribution is 14.0. The fourth-order valence-electron chi connectivity index (χ4n) is 3.87. The largest absolute Gasteiger partial charge is 0.444 e. The van der Waals surface area contributed by atoms with Gasteiger partial charge in [-0.15, -0.1) is 24.0 Å². The summed E-state index contributed by atoms with van der Waals surface area (Å²) in [6.07, 6.45) is 2.46. The Bertz CT molecular complexity index is 571. The van der Waals surface area contributed by atoms with Crippen molar-refractivity contribution in [3.63, 3.8) is 0 Å². The highest BCUT2D eigenvalue weighted by atomic mass is 127. The van der Waals surface area contributed by atoms with Crippen molar-refractivity contribution < 1.29 is 19.4 Å². The van der Waals surface area contributed by atoms with Crippen molar-refractivity contribution in [2.75, 3.05) is 72.2 Å². The van der Waals surface area contributed by atoms with Crippen LogP contribution in [0.15, 0.2) is 4.99 Å². The topological polar surface area (TPSA) is 98.7 Å². The molecule has 0 aromatic heterocycles. The Balaban J connectivity index is 0.00000512. The second kappa shape index (κ2) is 14.4. The summed E-state index contributed by atoms with van der Waals surface area (Å²) in [4.78, 5) is 21.1. The number of carbonyl (C=O) groups excluding carboxylic acids is 1. The average molecular weight is 570 g/mol. The van der Waals surface area contributed by atoms with Crippen LogP contribution in [0.1, 0.15) is 47.0 Å². The van der Waals surface area contributed by atoms with E-state index in [1.54, 1.807) is 4.90 Å². The molecule has 0 bridgehead atoms. The summed E-state index contributed by atoms with van der Waals surface area (Å²) >= 11 is 0. The first-order valence-electron chi connectivity index (χ1n) is 11.7. The molecule has 2 aliphatic heterocycles. The van der Waals surface area contributed by atoms with Gasteiger partial charge in [0.15, 0.2) is 5.96 Å². The molecule has 0 saturated carbocycles. The number of amides is 1. The first-order valence-corrected chi connectivity index (χ1v) is 11.7. The third-order valence-electron chi connectivity index (χ3n) is 5.71. The molecule has 2 rings (SSSR count). The lowest BCUT2D eigenvalue weighted by molar-refractivity contribution is 0.0145. The number of nitrogens with zero attached hydrogens (tertiary/aromatic N) is 3. The summed E-state index contributed by atoms with van der Waals surface area (Å²) < 4.78 is 11.0. The number of carbonyl (C=O) groups is 1. The highest BCUT2D eigenvalue weighted by Gasteiger charge is 2.34. The van der Waals surface area contributed by atoms with Crippen LogP contribution in [0.2, 0.25) is 0 Å². The smallest absolute Gasteiger partial charge is 0.410 e. The molecule has 2 aliphatic rings. The molecule has 10 heteroatoms. The Hall–Kier alpha value is -0.850. The summed E-state index contributed by atoms with van der Waals surface area (Å²) in [5, 5.41) is 16.1. The van der Waals surface area contributed by atoms with Crippen LogP contribution in [-0.4, -0.2) is 105 Å². The molecule has 1 unspecified atom stereocenters. The molecule has 0 radical (unpaired) electrons. The molecule has 188 valence electrons. The van der Waals surface area contributed by atoms with Gasteiger partial charge in [0.1, 0.15) is 5.60 Å². The quantitative estimate of drug-likeness (QED) is 0.169. The van der Waals surface area contributed by atoms with E-state index in [2.05, 4.69) is 22.5 Å². The number of nitrogens with one attached hydrogen (secondary N) is 2. The number of halogens is 1. The lowest BCUT2D eigenvalue weighted by atomic mass is 9.84. The number of aliphatic imine (C=N–C) groups is 1. The van der Waals surface area contributed by atoms with Gasteiger partial charge >= 0.3 is 6.09 Å². The lowest BCUT2D eigenvalue weighted by Crippen LogP contribution is -2.50. The third-order valence-corrected chi connectivity index (χ3v) is 5.71. The van der Waals surface area contributed by atoms with Gasteiger partial charge in [-0.3, -0.25) is 9.89 Å². The van der Waals surface area contributed by atoms with Crippen molar-refractivity contribution in [1.29, 1.82) is 0 Å². The Morgan fingerprint density at radius 3 is 2.50 bits per heavy atom. The van der Waals surface area contributed by atoms with E-state index in [1.165, 1.54) is 0 Å². The standard InChI is InChI=1S/C22H43N5O4.HI/c1-5-23-19(25-17-22(7-15-28)8-16-30-18-22)24-9-6-10-26-11-13-27(14-12-26)20(29)31-21(2,3)4;/h28H,5-18H2,1-4H3,(H2,23,24,25);1H. The monoisotopic (exact) mass is 569 g/mol. The van der Waals surface area contributed by atoms with Gasteiger partial charge in [-0.2, -0.15) is 0 Å². The molecule has 0 aliphatic carbocycles. The second-order valence-corrected chi connectivity index (χ2v) is 9.56. The van der Waals surface area contributed by atoms with Crippen molar-refractivity contribution in [1.82, 2.24) is 20.4 Å². The van der Waals surface area contributed by atoms with E-state index in [0.29, 0.717) is 26.2 Å². The molecule has 32 heavy (non-hydrogen) atoms. The van der Waals surface area contributed by atoms with Crippen LogP contribution < -0.4 is 10.6 Å². The van der Waals surface area contributed by atoms with Gasteiger partial charge in [0.2, 0.25) is 0 Å². The SMILES string of the molecule is CCNC(=NCC1(CCO)CCOC1)NCCCN1CCN(C(=O)OC(C)(C)C)CC1.I. The predicted molar refractivity (Wildman–Crippen MR) is 138 cm³/mol. The first kappa shape index (κ1) is 29.2. The van der Waals surface area contributed by atoms with Crippen molar-refractivity contribution in [3.05, 3.63) is 0 Å². The van der Waals surface area contributed by atoms with Crippen molar-refractivity contribution >= 4 is 36.0 Å². The minimum atomic E-state index is -0.450. The van der Waals surface area contributed by atoms with Crippen LogP contribution >= 0.6 is 24.0 Å². The average Bonchev–Trinajstić information content (AvgIpc) is 3.17. The van der Waals surface area contributed by atoms with E-state index in [-0.39, 0.29) is 42.1 Å². The van der Waals surface area contributed by atoms with Crippen LogP contribution in [0.25, 0.3) is 0 Å². The van der Waals surface area contributed by atoms with Crippen LogP contribution in [0, 0.1) is 5.41 Å². The van der Waals surface area contributed by atoms with E-state index in [4.69, 9.17) is 14.5 Å². The summed E-state index contributed by atoms with van der Waals surface area (Å²) in [7, 11) is 0. The maximum Gasteiger partial charge on any atom is 0.410 e. The molecule has 0 aromatic rings. The van der Waals surface area contributed by atoms with E-state index in [0.717, 1.165) is 64.6 Å². The van der Waals surface area contributed by atoms with Gasteiger partial charge in [0.05, 0.1) is 13.2 Å². The van der Waals surface area contributed by atoms with Crippen LogP contribution in [0.4, 0.5) is 4.79 Å². The zero-order valence-corrected chi connectivity index (χ0v) is 22.7. The van der Waals surface area contributed by atoms with E-state index in [1.807, 2.05) is 20.8 Å². The first-order chi connectivity index (χ1) is 14.8. The number of ether oxygens (including phenoxy) is 2. The predicted octanol–water partition coefficient (Wildman–Crippen LogP) is 1.89. The Kier molecular flexibility index (Phi) is 13.2. The number of aliphatic hydroxyl groups is 1. The van der Waals surface area contributed by atoms with Crippen molar-refractivity contribution in [2.45, 2.75) is 52.6 Å². The molecule has 0 aromatic carbocycles. The molecular formula is C22H44IN5O4. The molecule has 2 fully saturated rings. The number of piperazine rings is 1. The van der Waals surface area contributed by atoms with Gasteiger partial charge in [0.25, 0.3) is 0 Å². The minimum absolute atomic E-state index is 0. The fourth-order valence-corrected chi connectivity index (χ4v) is 3.87. The Morgan fingerprint density at radius 1 is 1.22 bits per heavy atom. The van der Waals surface area contributed by atoms with E-state index in [9.17, 15) is 9.90 Å². The maximum absolute atomic E-state index is 12.2. The number of aliphatic hydroxyl groups excluding tert-OH is 1. The van der Waals surface area contributed by atoms with Crippen molar-refractivity contribution in [2.24, 2.45) is 10.4 Å². The normalized spacial score (nSPS) is 22.4. The van der Waals surface area contributed by atoms with Crippen molar-refractivity contribution in [3.8, 4) is 0 Å². The molecule has 2 heterocycles. The van der Waals surface area contributed by atoms with E-state index >= 15 is 0 Å². The number of guanidine groups is 1. The fraction of sp³-hybridized carbons (Fsp3) is 0.909. The van der Waals surface area contributed by atoms with Crippen LogP contribution in [0.3, 0.4) is 0 Å². The second-order valence-electron chi connectivity index (χ2n) is 9.56. The number of hydrogen-bond acceptors (Lipinski definition) is 6. The van der Waals surface area contributed by atoms with E-state index < -0.39 is 5.60 Å². The minimum Gasteiger partial charge on any atom is -0.444 e. The number of rotatable bonds is 9.